The van der Waals surface area contributed by atoms with Crippen LogP contribution >= 0.6 is 0 Å². The topological polar surface area (TPSA) is 156 Å². The predicted octanol–water partition coefficient (Wildman–Crippen LogP) is 1.03. The molecule has 30 heavy (non-hydrogen) atoms. The molecule has 0 spiro atoms. The maximum atomic E-state index is 13.5. The van der Waals surface area contributed by atoms with E-state index in [0.717, 1.165) is 6.08 Å². The van der Waals surface area contributed by atoms with Crippen molar-refractivity contribution in [1.29, 1.82) is 0 Å². The first-order chi connectivity index (χ1) is 13.8. The van der Waals surface area contributed by atoms with Crippen molar-refractivity contribution in [3.63, 3.8) is 0 Å². The van der Waals surface area contributed by atoms with E-state index in [-0.39, 0.29) is 39.5 Å². The van der Waals surface area contributed by atoms with Gasteiger partial charge in [0.15, 0.2) is 17.3 Å². The summed E-state index contributed by atoms with van der Waals surface area (Å²) in [6.45, 7) is 7.03. The minimum Gasteiger partial charge on any atom is -0.507 e. The molecule has 0 fully saturated rings. The fourth-order valence-corrected chi connectivity index (χ4v) is 3.83. The first kappa shape index (κ1) is 21.1. The van der Waals surface area contributed by atoms with E-state index < -0.39 is 46.2 Å². The second-order valence-electron chi connectivity index (χ2n) is 7.65. The maximum absolute atomic E-state index is 13.5. The minimum atomic E-state index is -1.61. The van der Waals surface area contributed by atoms with Gasteiger partial charge in [-0.2, -0.15) is 0 Å². The number of carbonyl (C=O) groups is 4. The number of carbonyl (C=O) groups excluding carboxylic acids is 4. The van der Waals surface area contributed by atoms with Crippen molar-refractivity contribution >= 4 is 23.3 Å². The van der Waals surface area contributed by atoms with Gasteiger partial charge in [0.1, 0.15) is 40.0 Å². The Morgan fingerprint density at radius 1 is 1.20 bits per heavy atom. The van der Waals surface area contributed by atoms with Crippen LogP contribution in [0.15, 0.2) is 23.1 Å². The summed E-state index contributed by atoms with van der Waals surface area (Å²) < 4.78 is 5.67. The van der Waals surface area contributed by atoms with E-state index in [1.807, 2.05) is 0 Å². The third-order valence-electron chi connectivity index (χ3n) is 5.62. The van der Waals surface area contributed by atoms with E-state index in [0.29, 0.717) is 0 Å². The van der Waals surface area contributed by atoms with Crippen LogP contribution in [0.3, 0.4) is 0 Å². The van der Waals surface area contributed by atoms with Gasteiger partial charge in [-0.05, 0) is 34.6 Å². The first-order valence-electron chi connectivity index (χ1n) is 9.19. The molecule has 1 aliphatic heterocycles. The molecule has 1 aliphatic carbocycles. The third-order valence-corrected chi connectivity index (χ3v) is 5.62. The highest BCUT2D eigenvalue weighted by Crippen LogP contribution is 2.57. The molecule has 3 rings (SSSR count). The molecule has 1 heterocycles. The molecule has 9 nitrogen and oxygen atoms in total. The molecule has 1 aromatic rings. The Balaban J connectivity index is 2.29. The van der Waals surface area contributed by atoms with Crippen LogP contribution in [-0.4, -0.2) is 39.5 Å². The molecule has 9 heteroatoms. The molecular formula is C21H22N2O7. The van der Waals surface area contributed by atoms with Crippen molar-refractivity contribution in [2.75, 3.05) is 0 Å². The molecule has 5 N–H and O–H groups in total. The maximum Gasteiger partial charge on any atom is 0.239 e. The SMILES string of the molecule is CC(=O)c1c(O)c(C)c(O)c2c1OC1=CC(=O)C(=C(C)NC(C)C(N)=O)C(=O)C12C. The summed E-state index contributed by atoms with van der Waals surface area (Å²) in [5.74, 6) is -3.62. The van der Waals surface area contributed by atoms with Crippen LogP contribution < -0.4 is 15.8 Å². The van der Waals surface area contributed by atoms with Crippen LogP contribution in [0, 0.1) is 6.92 Å². The largest absolute Gasteiger partial charge is 0.507 e. The van der Waals surface area contributed by atoms with Crippen LogP contribution in [0.25, 0.3) is 0 Å². The number of fused-ring (bicyclic) bond motifs is 3. The Kier molecular flexibility index (Phi) is 4.73. The van der Waals surface area contributed by atoms with Gasteiger partial charge >= 0.3 is 0 Å². The number of allylic oxidation sites excluding steroid dienone is 4. The van der Waals surface area contributed by atoms with Gasteiger partial charge in [-0.15, -0.1) is 0 Å². The van der Waals surface area contributed by atoms with E-state index in [1.54, 1.807) is 0 Å². The normalized spacial score (nSPS) is 22.5. The van der Waals surface area contributed by atoms with Crippen molar-refractivity contribution in [2.45, 2.75) is 46.1 Å². The molecule has 1 amide bonds. The van der Waals surface area contributed by atoms with Crippen LogP contribution in [-0.2, 0) is 19.8 Å². The number of amides is 1. The Labute approximate surface area is 172 Å². The molecule has 1 aromatic carbocycles. The fraction of sp³-hybridized carbons (Fsp3) is 0.333. The minimum absolute atomic E-state index is 0.000000262. The Morgan fingerprint density at radius 3 is 2.33 bits per heavy atom. The molecule has 2 aliphatic rings. The number of phenols is 2. The summed E-state index contributed by atoms with van der Waals surface area (Å²) in [5, 5.41) is 23.8. The Morgan fingerprint density at radius 2 is 1.80 bits per heavy atom. The average molecular weight is 414 g/mol. The molecule has 0 saturated heterocycles. The lowest BCUT2D eigenvalue weighted by Crippen LogP contribution is -2.43. The average Bonchev–Trinajstić information content (AvgIpc) is 2.93. The zero-order chi connectivity index (χ0) is 22.7. The van der Waals surface area contributed by atoms with Gasteiger partial charge in [0.2, 0.25) is 5.91 Å². The van der Waals surface area contributed by atoms with Crippen molar-refractivity contribution in [1.82, 2.24) is 5.32 Å². The number of phenolic OH excluding ortho intramolecular Hbond substituents is 2. The summed E-state index contributed by atoms with van der Waals surface area (Å²) in [6.07, 6.45) is 1.10. The predicted molar refractivity (Wildman–Crippen MR) is 105 cm³/mol. The Bertz CT molecular complexity index is 1110. The van der Waals surface area contributed by atoms with Gasteiger partial charge in [-0.3, -0.25) is 19.2 Å². The molecule has 158 valence electrons. The number of hydrogen-bond acceptors (Lipinski definition) is 8. The molecule has 0 saturated carbocycles. The van der Waals surface area contributed by atoms with E-state index in [2.05, 4.69) is 5.32 Å². The van der Waals surface area contributed by atoms with Gasteiger partial charge < -0.3 is 26.0 Å². The number of Topliss-reactive ketones (excluding diaryl/α,β-unsaturated/α-hetero) is 2. The molecule has 2 atom stereocenters. The zero-order valence-corrected chi connectivity index (χ0v) is 17.2. The van der Waals surface area contributed by atoms with E-state index >= 15 is 0 Å². The highest BCUT2D eigenvalue weighted by Gasteiger charge is 2.56. The smallest absolute Gasteiger partial charge is 0.239 e. The number of rotatable bonds is 4. The number of nitrogens with two attached hydrogens (primary N) is 1. The molecule has 2 unspecified atom stereocenters. The van der Waals surface area contributed by atoms with Crippen molar-refractivity contribution in [3.8, 4) is 17.2 Å². The van der Waals surface area contributed by atoms with Gasteiger partial charge in [0.05, 0.1) is 11.1 Å². The number of hydrogen-bond donors (Lipinski definition) is 4. The van der Waals surface area contributed by atoms with Gasteiger partial charge in [0.25, 0.3) is 0 Å². The summed E-state index contributed by atoms with van der Waals surface area (Å²) in [5.41, 5.74) is 3.38. The second kappa shape index (κ2) is 6.72. The quantitative estimate of drug-likeness (QED) is 0.323. The number of benzene rings is 1. The van der Waals surface area contributed by atoms with Crippen molar-refractivity contribution in [3.05, 3.63) is 39.8 Å². The van der Waals surface area contributed by atoms with Crippen LogP contribution in [0.1, 0.15) is 49.2 Å². The van der Waals surface area contributed by atoms with Gasteiger partial charge in [0, 0.05) is 17.3 Å². The summed E-state index contributed by atoms with van der Waals surface area (Å²) in [4.78, 5) is 49.7. The van der Waals surface area contributed by atoms with E-state index in [1.165, 1.54) is 34.6 Å². The lowest BCUT2D eigenvalue weighted by molar-refractivity contribution is -0.124. The summed E-state index contributed by atoms with van der Waals surface area (Å²) in [7, 11) is 0. The lowest BCUT2D eigenvalue weighted by atomic mass is 9.70. The van der Waals surface area contributed by atoms with Crippen LogP contribution in [0.2, 0.25) is 0 Å². The fourth-order valence-electron chi connectivity index (χ4n) is 3.83. The monoisotopic (exact) mass is 414 g/mol. The highest BCUT2D eigenvalue weighted by atomic mass is 16.5. The summed E-state index contributed by atoms with van der Waals surface area (Å²) >= 11 is 0. The number of nitrogens with one attached hydrogen (secondary N) is 1. The number of ketones is 3. The van der Waals surface area contributed by atoms with Gasteiger partial charge in [-0.1, -0.05) is 0 Å². The standard InChI is InChI=1S/C21H22N2O7/c1-7-16(26)14(10(4)24)18-15(17(7)27)21(5)12(30-18)6-11(25)13(19(21)28)8(2)23-9(3)20(22)29/h6,9,23,26-27H,1-5H3,(H2,22,29). The molecule has 0 radical (unpaired) electrons. The van der Waals surface area contributed by atoms with Crippen molar-refractivity contribution in [2.24, 2.45) is 5.73 Å². The van der Waals surface area contributed by atoms with Gasteiger partial charge in [-0.25, -0.2) is 0 Å². The van der Waals surface area contributed by atoms with Crippen LogP contribution in [0.5, 0.6) is 17.2 Å². The third kappa shape index (κ3) is 2.69. The van der Waals surface area contributed by atoms with E-state index in [4.69, 9.17) is 10.5 Å². The van der Waals surface area contributed by atoms with E-state index in [9.17, 15) is 29.4 Å². The second-order valence-corrected chi connectivity index (χ2v) is 7.65. The highest BCUT2D eigenvalue weighted by molar-refractivity contribution is 6.31. The Hall–Kier alpha value is -3.62. The van der Waals surface area contributed by atoms with Crippen LogP contribution in [0.4, 0.5) is 0 Å². The number of aromatic hydroxyl groups is 2. The summed E-state index contributed by atoms with van der Waals surface area (Å²) in [6, 6.07) is -0.833. The number of primary amides is 1. The first-order valence-corrected chi connectivity index (χ1v) is 9.19. The number of ether oxygens (including phenoxy) is 1. The molecule has 0 bridgehead atoms. The zero-order valence-electron chi connectivity index (χ0n) is 17.2. The van der Waals surface area contributed by atoms with Crippen molar-refractivity contribution < 1.29 is 34.1 Å². The lowest BCUT2D eigenvalue weighted by Gasteiger charge is -2.29. The molecular weight excluding hydrogens is 392 g/mol. The molecule has 0 aromatic heterocycles.